The zero-order valence-electron chi connectivity index (χ0n) is 7.33. The van der Waals surface area contributed by atoms with Gasteiger partial charge in [0.25, 0.3) is 0 Å². The monoisotopic (exact) mass is 170 g/mol. The molecule has 0 aromatic heterocycles. The van der Waals surface area contributed by atoms with E-state index in [2.05, 4.69) is 18.3 Å². The Labute approximate surface area is 77.4 Å². The Morgan fingerprint density at radius 3 is 2.77 bits per heavy atom. The van der Waals surface area contributed by atoms with Crippen LogP contribution < -0.4 is 4.90 Å². The first kappa shape index (κ1) is 6.97. The number of hydrogen-bond donors (Lipinski definition) is 0. The van der Waals surface area contributed by atoms with Crippen LogP contribution in [0, 0.1) is 11.5 Å². The molecule has 0 saturated heterocycles. The van der Waals surface area contributed by atoms with Crippen molar-refractivity contribution in [2.45, 2.75) is 18.3 Å². The summed E-state index contributed by atoms with van der Waals surface area (Å²) in [5.74, 6) is 0. The molecule has 0 amide bonds. The molecular formula is C11H10N2. The molecule has 0 bridgehead atoms. The lowest BCUT2D eigenvalue weighted by Gasteiger charge is -2.06. The van der Waals surface area contributed by atoms with Gasteiger partial charge >= 0.3 is 0 Å². The van der Waals surface area contributed by atoms with Crippen LogP contribution in [0.5, 0.6) is 0 Å². The second kappa shape index (κ2) is 2.05. The molecule has 0 N–H and O–H groups in total. The van der Waals surface area contributed by atoms with Crippen molar-refractivity contribution in [2.24, 2.45) is 0 Å². The zero-order valence-corrected chi connectivity index (χ0v) is 7.33. The third-order valence-electron chi connectivity index (χ3n) is 3.20. The third kappa shape index (κ3) is 0.767. The summed E-state index contributed by atoms with van der Waals surface area (Å²) in [6, 6.07) is 8.29. The predicted molar refractivity (Wildman–Crippen MR) is 50.3 cm³/mol. The highest BCUT2D eigenvalue weighted by Gasteiger charge is 2.51. The summed E-state index contributed by atoms with van der Waals surface area (Å²) >= 11 is 0. The molecule has 1 aromatic rings. The second-order valence-corrected chi connectivity index (χ2v) is 3.98. The van der Waals surface area contributed by atoms with Gasteiger partial charge in [-0.3, -0.25) is 4.90 Å². The minimum atomic E-state index is 0.353. The standard InChI is InChI=1S/C11H10N2/c12-8-13-7-11(5-6-11)9-3-1-2-4-10(9)13/h1-4H,5-7H2. The van der Waals surface area contributed by atoms with Gasteiger partial charge in [0.1, 0.15) is 0 Å². The van der Waals surface area contributed by atoms with E-state index in [1.54, 1.807) is 0 Å². The molecule has 2 aliphatic rings. The summed E-state index contributed by atoms with van der Waals surface area (Å²) in [6.45, 7) is 0.906. The van der Waals surface area contributed by atoms with Crippen LogP contribution in [0.3, 0.4) is 0 Å². The minimum absolute atomic E-state index is 0.353. The number of benzene rings is 1. The lowest BCUT2D eigenvalue weighted by Crippen LogP contribution is -2.18. The molecule has 1 aliphatic heterocycles. The molecule has 2 nitrogen and oxygen atoms in total. The molecule has 1 saturated carbocycles. The maximum absolute atomic E-state index is 8.95. The fourth-order valence-electron chi connectivity index (χ4n) is 2.30. The van der Waals surface area contributed by atoms with E-state index in [4.69, 9.17) is 5.26 Å². The third-order valence-corrected chi connectivity index (χ3v) is 3.20. The minimum Gasteiger partial charge on any atom is -0.278 e. The van der Waals surface area contributed by atoms with Crippen LogP contribution in [-0.4, -0.2) is 6.54 Å². The lowest BCUT2D eigenvalue weighted by molar-refractivity contribution is 0.745. The van der Waals surface area contributed by atoms with Gasteiger partial charge in [-0.2, -0.15) is 5.26 Å². The van der Waals surface area contributed by atoms with E-state index in [1.165, 1.54) is 18.4 Å². The molecule has 2 heteroatoms. The Balaban J connectivity index is 2.19. The van der Waals surface area contributed by atoms with Gasteiger partial charge in [-0.1, -0.05) is 18.2 Å². The van der Waals surface area contributed by atoms with Crippen molar-refractivity contribution in [2.75, 3.05) is 11.4 Å². The van der Waals surface area contributed by atoms with Crippen molar-refractivity contribution in [1.82, 2.24) is 0 Å². The van der Waals surface area contributed by atoms with Gasteiger partial charge in [-0.15, -0.1) is 0 Å². The van der Waals surface area contributed by atoms with Crippen LogP contribution in [0.15, 0.2) is 24.3 Å². The summed E-state index contributed by atoms with van der Waals surface area (Å²) in [5.41, 5.74) is 2.87. The largest absolute Gasteiger partial charge is 0.278 e. The SMILES string of the molecule is N#CN1CC2(CC2)c2ccccc21. The van der Waals surface area contributed by atoms with Gasteiger partial charge in [-0.05, 0) is 24.5 Å². The molecule has 0 radical (unpaired) electrons. The summed E-state index contributed by atoms with van der Waals surface area (Å²) in [7, 11) is 0. The van der Waals surface area contributed by atoms with Crippen LogP contribution in [-0.2, 0) is 5.41 Å². The molecule has 1 spiro atoms. The van der Waals surface area contributed by atoms with E-state index < -0.39 is 0 Å². The summed E-state index contributed by atoms with van der Waals surface area (Å²) in [5, 5.41) is 8.95. The van der Waals surface area contributed by atoms with Gasteiger partial charge in [0.05, 0.1) is 5.69 Å². The Bertz CT molecular complexity index is 399. The number of anilines is 1. The Kier molecular flexibility index (Phi) is 1.10. The smallest absolute Gasteiger partial charge is 0.184 e. The number of rotatable bonds is 0. The van der Waals surface area contributed by atoms with E-state index in [0.717, 1.165) is 12.2 Å². The van der Waals surface area contributed by atoms with Crippen LogP contribution in [0.2, 0.25) is 0 Å². The van der Waals surface area contributed by atoms with Crippen molar-refractivity contribution in [3.05, 3.63) is 29.8 Å². The van der Waals surface area contributed by atoms with E-state index in [0.29, 0.717) is 5.41 Å². The molecule has 1 fully saturated rings. The zero-order chi connectivity index (χ0) is 8.89. The topological polar surface area (TPSA) is 27.0 Å². The lowest BCUT2D eigenvalue weighted by atomic mass is 9.99. The molecule has 1 aliphatic carbocycles. The van der Waals surface area contributed by atoms with E-state index in [-0.39, 0.29) is 0 Å². The molecule has 0 atom stereocenters. The molecule has 1 heterocycles. The first-order chi connectivity index (χ1) is 6.36. The summed E-state index contributed by atoms with van der Waals surface area (Å²) < 4.78 is 0. The van der Waals surface area contributed by atoms with Crippen molar-refractivity contribution in [3.63, 3.8) is 0 Å². The maximum Gasteiger partial charge on any atom is 0.184 e. The molecule has 64 valence electrons. The fraction of sp³-hybridized carbons (Fsp3) is 0.364. The first-order valence-electron chi connectivity index (χ1n) is 4.63. The quantitative estimate of drug-likeness (QED) is 0.557. The number of fused-ring (bicyclic) bond motifs is 2. The molecule has 13 heavy (non-hydrogen) atoms. The normalized spacial score (nSPS) is 21.3. The molecular weight excluding hydrogens is 160 g/mol. The number of nitriles is 1. The fourth-order valence-corrected chi connectivity index (χ4v) is 2.30. The Hall–Kier alpha value is -1.49. The highest BCUT2D eigenvalue weighted by Crippen LogP contribution is 2.55. The molecule has 3 rings (SSSR count). The Morgan fingerprint density at radius 2 is 2.08 bits per heavy atom. The van der Waals surface area contributed by atoms with Crippen LogP contribution in [0.1, 0.15) is 18.4 Å². The Morgan fingerprint density at radius 1 is 1.31 bits per heavy atom. The van der Waals surface area contributed by atoms with Gasteiger partial charge in [0, 0.05) is 12.0 Å². The average molecular weight is 170 g/mol. The van der Waals surface area contributed by atoms with Gasteiger partial charge in [-0.25, -0.2) is 0 Å². The van der Waals surface area contributed by atoms with Crippen molar-refractivity contribution in [1.29, 1.82) is 5.26 Å². The van der Waals surface area contributed by atoms with Crippen molar-refractivity contribution >= 4 is 5.69 Å². The highest BCUT2D eigenvalue weighted by atomic mass is 15.2. The van der Waals surface area contributed by atoms with Gasteiger partial charge in [0.15, 0.2) is 6.19 Å². The van der Waals surface area contributed by atoms with Crippen LogP contribution in [0.25, 0.3) is 0 Å². The van der Waals surface area contributed by atoms with E-state index in [1.807, 2.05) is 17.0 Å². The summed E-state index contributed by atoms with van der Waals surface area (Å²) in [4.78, 5) is 1.82. The van der Waals surface area contributed by atoms with Crippen molar-refractivity contribution in [3.8, 4) is 6.19 Å². The summed E-state index contributed by atoms with van der Waals surface area (Å²) in [6.07, 6.45) is 4.75. The van der Waals surface area contributed by atoms with Crippen molar-refractivity contribution < 1.29 is 0 Å². The number of nitrogens with zero attached hydrogens (tertiary/aromatic N) is 2. The van der Waals surface area contributed by atoms with Crippen LogP contribution >= 0.6 is 0 Å². The first-order valence-corrected chi connectivity index (χ1v) is 4.63. The van der Waals surface area contributed by atoms with E-state index in [9.17, 15) is 0 Å². The van der Waals surface area contributed by atoms with E-state index >= 15 is 0 Å². The predicted octanol–water partition coefficient (Wildman–Crippen LogP) is 2.02. The number of hydrogen-bond acceptors (Lipinski definition) is 2. The van der Waals surface area contributed by atoms with Gasteiger partial charge in [0.2, 0.25) is 0 Å². The van der Waals surface area contributed by atoms with Crippen LogP contribution in [0.4, 0.5) is 5.69 Å². The molecule has 0 unspecified atom stereocenters. The second-order valence-electron chi connectivity index (χ2n) is 3.98. The highest BCUT2D eigenvalue weighted by molar-refractivity contribution is 5.67. The molecule has 1 aromatic carbocycles. The van der Waals surface area contributed by atoms with Gasteiger partial charge < -0.3 is 0 Å². The average Bonchev–Trinajstić information content (AvgIpc) is 2.87. The number of para-hydroxylation sites is 1. The maximum atomic E-state index is 8.95.